The molecule has 0 aliphatic heterocycles. The van der Waals surface area contributed by atoms with E-state index in [1.165, 1.54) is 250 Å². The van der Waals surface area contributed by atoms with Crippen molar-refractivity contribution >= 4 is 11.9 Å². The fourth-order valence-corrected chi connectivity index (χ4v) is 9.73. The van der Waals surface area contributed by atoms with Gasteiger partial charge in [-0.05, 0) is 57.8 Å². The van der Waals surface area contributed by atoms with E-state index in [2.05, 4.69) is 43.5 Å². The summed E-state index contributed by atoms with van der Waals surface area (Å²) in [6, 6.07) is -0.549. The predicted molar refractivity (Wildman–Crippen MR) is 301 cm³/mol. The Hall–Kier alpha value is -1.66. The summed E-state index contributed by atoms with van der Waals surface area (Å²) < 4.78 is 5.47. The molecular formula is C63H121NO5. The van der Waals surface area contributed by atoms with E-state index < -0.39 is 12.1 Å². The van der Waals surface area contributed by atoms with Crippen LogP contribution in [0.1, 0.15) is 341 Å². The average Bonchev–Trinajstić information content (AvgIpc) is 3.35. The first-order valence-corrected chi connectivity index (χ1v) is 31.1. The molecule has 0 aromatic carbocycles. The minimum Gasteiger partial charge on any atom is -0.466 e. The van der Waals surface area contributed by atoms with Crippen molar-refractivity contribution in [2.75, 3.05) is 13.2 Å². The molecule has 408 valence electrons. The first-order chi connectivity index (χ1) is 34.0. The summed E-state index contributed by atoms with van der Waals surface area (Å²) in [5.74, 6) is -0.0530. The second-order valence-corrected chi connectivity index (χ2v) is 21.4. The standard InChI is InChI=1S/C63H121NO5/c1-3-5-7-9-11-13-15-17-19-20-21-22-23-24-25-28-31-35-39-43-47-51-55-61(66)60(59-65)64-62(67)56-52-48-44-40-36-32-29-26-30-34-38-42-46-50-54-58-69-63(68)57-53-49-45-41-37-33-27-18-16-14-12-10-8-6-4-2/h12,14,18,27,60-61,65-66H,3-11,13,15-17,19-26,28-59H2,1-2H3,(H,64,67)/b14-12-,27-18-. The number of allylic oxidation sites excluding steroid dienone is 4. The number of amides is 1. The molecule has 0 aliphatic carbocycles. The molecule has 6 heteroatoms. The van der Waals surface area contributed by atoms with E-state index in [-0.39, 0.29) is 18.5 Å². The monoisotopic (exact) mass is 972 g/mol. The highest BCUT2D eigenvalue weighted by Gasteiger charge is 2.20. The number of hydrogen-bond donors (Lipinski definition) is 3. The highest BCUT2D eigenvalue weighted by molar-refractivity contribution is 5.76. The molecule has 0 saturated carbocycles. The third-order valence-corrected chi connectivity index (χ3v) is 14.5. The Kier molecular flexibility index (Phi) is 57.5. The average molecular weight is 973 g/mol. The summed E-state index contributed by atoms with van der Waals surface area (Å²) in [7, 11) is 0. The fourth-order valence-electron chi connectivity index (χ4n) is 9.73. The number of ether oxygens (including phenoxy) is 1. The normalized spacial score (nSPS) is 12.7. The van der Waals surface area contributed by atoms with E-state index in [0.717, 1.165) is 57.8 Å². The van der Waals surface area contributed by atoms with Crippen molar-refractivity contribution in [3.8, 4) is 0 Å². The van der Waals surface area contributed by atoms with Gasteiger partial charge in [0.15, 0.2) is 0 Å². The lowest BCUT2D eigenvalue weighted by Gasteiger charge is -2.22. The van der Waals surface area contributed by atoms with Gasteiger partial charge in [0.05, 0.1) is 25.4 Å². The molecule has 2 atom stereocenters. The zero-order chi connectivity index (χ0) is 50.0. The second kappa shape index (κ2) is 58.9. The van der Waals surface area contributed by atoms with Crippen LogP contribution in [0.4, 0.5) is 0 Å². The zero-order valence-corrected chi connectivity index (χ0v) is 46.6. The summed E-state index contributed by atoms with van der Waals surface area (Å²) >= 11 is 0. The van der Waals surface area contributed by atoms with Crippen molar-refractivity contribution in [3.63, 3.8) is 0 Å². The highest BCUT2D eigenvalue weighted by Crippen LogP contribution is 2.18. The number of aliphatic hydroxyl groups is 2. The van der Waals surface area contributed by atoms with E-state index in [1.54, 1.807) is 0 Å². The van der Waals surface area contributed by atoms with Crippen LogP contribution in [0.2, 0.25) is 0 Å². The van der Waals surface area contributed by atoms with Gasteiger partial charge in [-0.3, -0.25) is 9.59 Å². The Morgan fingerprint density at radius 1 is 0.406 bits per heavy atom. The summed E-state index contributed by atoms with van der Waals surface area (Å²) in [6.07, 6.45) is 71.8. The molecule has 0 aliphatic rings. The topological polar surface area (TPSA) is 95.9 Å². The van der Waals surface area contributed by atoms with Gasteiger partial charge in [-0.1, -0.05) is 295 Å². The van der Waals surface area contributed by atoms with Crippen LogP contribution in [0.15, 0.2) is 24.3 Å². The van der Waals surface area contributed by atoms with Crippen LogP contribution in [0, 0.1) is 0 Å². The van der Waals surface area contributed by atoms with Crippen LogP contribution in [0.3, 0.4) is 0 Å². The van der Waals surface area contributed by atoms with Gasteiger partial charge in [-0.2, -0.15) is 0 Å². The van der Waals surface area contributed by atoms with Gasteiger partial charge in [0.1, 0.15) is 0 Å². The Bertz CT molecular complexity index is 1080. The van der Waals surface area contributed by atoms with Crippen molar-refractivity contribution in [1.29, 1.82) is 0 Å². The van der Waals surface area contributed by atoms with E-state index in [4.69, 9.17) is 4.74 Å². The van der Waals surface area contributed by atoms with Crippen molar-refractivity contribution in [2.45, 2.75) is 353 Å². The Morgan fingerprint density at radius 2 is 0.725 bits per heavy atom. The maximum Gasteiger partial charge on any atom is 0.305 e. The van der Waals surface area contributed by atoms with Crippen molar-refractivity contribution in [1.82, 2.24) is 5.32 Å². The third-order valence-electron chi connectivity index (χ3n) is 14.5. The SMILES string of the molecule is CCCCC/C=C\C/C=C\CCCCCCCC(=O)OCCCCCCCCCCCCCCCCCC(=O)NC(CO)C(O)CCCCCCCCCCCCCCCCCCCCCCCC. The third kappa shape index (κ3) is 55.5. The van der Waals surface area contributed by atoms with E-state index >= 15 is 0 Å². The lowest BCUT2D eigenvalue weighted by atomic mass is 10.0. The quantitative estimate of drug-likeness (QED) is 0.0321. The number of esters is 1. The molecule has 0 heterocycles. The molecule has 69 heavy (non-hydrogen) atoms. The molecule has 0 aromatic rings. The minimum atomic E-state index is -0.672. The summed E-state index contributed by atoms with van der Waals surface area (Å²) in [6.45, 7) is 4.93. The molecule has 1 amide bonds. The summed E-state index contributed by atoms with van der Waals surface area (Å²) in [4.78, 5) is 24.6. The number of hydrogen-bond acceptors (Lipinski definition) is 5. The smallest absolute Gasteiger partial charge is 0.305 e. The highest BCUT2D eigenvalue weighted by atomic mass is 16.5. The molecule has 0 aromatic heterocycles. The van der Waals surface area contributed by atoms with Crippen molar-refractivity contribution in [2.24, 2.45) is 0 Å². The number of rotatable bonds is 58. The van der Waals surface area contributed by atoms with Gasteiger partial charge in [0.2, 0.25) is 5.91 Å². The van der Waals surface area contributed by atoms with Crippen LogP contribution in [-0.2, 0) is 14.3 Å². The van der Waals surface area contributed by atoms with Gasteiger partial charge in [0, 0.05) is 12.8 Å². The number of carbonyl (C=O) groups excluding carboxylic acids is 2. The molecular weight excluding hydrogens is 851 g/mol. The summed E-state index contributed by atoms with van der Waals surface area (Å²) in [5, 5.41) is 23.4. The maximum atomic E-state index is 12.5. The Balaban J connectivity index is 3.43. The van der Waals surface area contributed by atoms with Gasteiger partial charge >= 0.3 is 5.97 Å². The molecule has 2 unspecified atom stereocenters. The molecule has 0 fully saturated rings. The molecule has 6 nitrogen and oxygen atoms in total. The van der Waals surface area contributed by atoms with Gasteiger partial charge in [0.25, 0.3) is 0 Å². The number of aliphatic hydroxyl groups excluding tert-OH is 2. The first-order valence-electron chi connectivity index (χ1n) is 31.1. The van der Waals surface area contributed by atoms with Crippen LogP contribution < -0.4 is 5.32 Å². The van der Waals surface area contributed by atoms with Gasteiger partial charge in [-0.15, -0.1) is 0 Å². The predicted octanol–water partition coefficient (Wildman–Crippen LogP) is 19.4. The maximum absolute atomic E-state index is 12.5. The number of nitrogens with one attached hydrogen (secondary N) is 1. The second-order valence-electron chi connectivity index (χ2n) is 21.4. The molecule has 0 saturated heterocycles. The van der Waals surface area contributed by atoms with Gasteiger partial charge < -0.3 is 20.3 Å². The van der Waals surface area contributed by atoms with E-state index in [9.17, 15) is 19.8 Å². The Labute approximate surface area is 431 Å². The van der Waals surface area contributed by atoms with Crippen LogP contribution >= 0.6 is 0 Å². The molecule has 0 rings (SSSR count). The van der Waals surface area contributed by atoms with Crippen LogP contribution in [0.5, 0.6) is 0 Å². The van der Waals surface area contributed by atoms with Crippen LogP contribution in [0.25, 0.3) is 0 Å². The minimum absolute atomic E-state index is 0.0124. The van der Waals surface area contributed by atoms with E-state index in [0.29, 0.717) is 25.9 Å². The number of unbranched alkanes of at least 4 members (excludes halogenated alkanes) is 43. The first kappa shape index (κ1) is 67.3. The van der Waals surface area contributed by atoms with E-state index in [1.807, 2.05) is 0 Å². The lowest BCUT2D eigenvalue weighted by molar-refractivity contribution is -0.143. The van der Waals surface area contributed by atoms with Crippen LogP contribution in [-0.4, -0.2) is 47.4 Å². The molecule has 0 spiro atoms. The summed E-state index contributed by atoms with van der Waals surface area (Å²) in [5.41, 5.74) is 0. The van der Waals surface area contributed by atoms with Gasteiger partial charge in [-0.25, -0.2) is 0 Å². The van der Waals surface area contributed by atoms with Crippen molar-refractivity contribution in [3.05, 3.63) is 24.3 Å². The fraction of sp³-hybridized carbons (Fsp3) is 0.905. The molecule has 0 radical (unpaired) electrons. The molecule has 3 N–H and O–H groups in total. The number of carbonyl (C=O) groups is 2. The molecule has 0 bridgehead atoms. The largest absolute Gasteiger partial charge is 0.466 e. The zero-order valence-electron chi connectivity index (χ0n) is 46.6. The lowest BCUT2D eigenvalue weighted by Crippen LogP contribution is -2.45. The Morgan fingerprint density at radius 3 is 1.13 bits per heavy atom. The van der Waals surface area contributed by atoms with Crippen molar-refractivity contribution < 1.29 is 24.5 Å².